The third-order valence-electron chi connectivity index (χ3n) is 2.98. The Morgan fingerprint density at radius 2 is 2.05 bits per heavy atom. The van der Waals surface area contributed by atoms with Crippen LogP contribution in [0, 0.1) is 0 Å². The van der Waals surface area contributed by atoms with E-state index in [4.69, 9.17) is 0 Å². The SMILES string of the molecule is Cl.O=C(NCCc1ccccc1)C1CC(F)(F)CN1. The minimum absolute atomic E-state index is 0. The monoisotopic (exact) mass is 290 g/mol. The van der Waals surface area contributed by atoms with Crippen LogP contribution < -0.4 is 10.6 Å². The fourth-order valence-corrected chi connectivity index (χ4v) is 2.00. The van der Waals surface area contributed by atoms with Crippen LogP contribution in [0.15, 0.2) is 30.3 Å². The van der Waals surface area contributed by atoms with Crippen LogP contribution in [0.3, 0.4) is 0 Å². The van der Waals surface area contributed by atoms with Crippen LogP contribution in [0.2, 0.25) is 0 Å². The number of carbonyl (C=O) groups excluding carboxylic acids is 1. The van der Waals surface area contributed by atoms with E-state index in [2.05, 4.69) is 10.6 Å². The minimum Gasteiger partial charge on any atom is -0.354 e. The molecule has 3 nitrogen and oxygen atoms in total. The van der Waals surface area contributed by atoms with E-state index in [0.29, 0.717) is 13.0 Å². The summed E-state index contributed by atoms with van der Waals surface area (Å²) in [5, 5.41) is 5.21. The van der Waals surface area contributed by atoms with Crippen LogP contribution in [0.4, 0.5) is 8.78 Å². The van der Waals surface area contributed by atoms with E-state index >= 15 is 0 Å². The van der Waals surface area contributed by atoms with E-state index in [1.165, 1.54) is 0 Å². The Morgan fingerprint density at radius 1 is 1.37 bits per heavy atom. The molecular weight excluding hydrogens is 274 g/mol. The molecule has 1 aromatic carbocycles. The fraction of sp³-hybridized carbons (Fsp3) is 0.462. The molecule has 2 rings (SSSR count). The molecule has 1 fully saturated rings. The summed E-state index contributed by atoms with van der Waals surface area (Å²) in [6.07, 6.45) is 0.292. The molecule has 0 bridgehead atoms. The first kappa shape index (κ1) is 15.9. The Bertz CT molecular complexity index is 414. The van der Waals surface area contributed by atoms with E-state index in [1.54, 1.807) is 0 Å². The van der Waals surface area contributed by atoms with Gasteiger partial charge in [0.1, 0.15) is 0 Å². The lowest BCUT2D eigenvalue weighted by molar-refractivity contribution is -0.123. The zero-order valence-corrected chi connectivity index (χ0v) is 11.2. The van der Waals surface area contributed by atoms with Gasteiger partial charge in [-0.2, -0.15) is 0 Å². The lowest BCUT2D eigenvalue weighted by atomic mass is 10.1. The molecule has 0 saturated carbocycles. The lowest BCUT2D eigenvalue weighted by Crippen LogP contribution is -2.41. The van der Waals surface area contributed by atoms with Crippen molar-refractivity contribution >= 4 is 18.3 Å². The van der Waals surface area contributed by atoms with Gasteiger partial charge in [0.25, 0.3) is 5.92 Å². The van der Waals surface area contributed by atoms with Crippen LogP contribution in [0.25, 0.3) is 0 Å². The summed E-state index contributed by atoms with van der Waals surface area (Å²) >= 11 is 0. The second-order valence-corrected chi connectivity index (χ2v) is 4.52. The van der Waals surface area contributed by atoms with Crippen molar-refractivity contribution in [3.8, 4) is 0 Å². The summed E-state index contributed by atoms with van der Waals surface area (Å²) in [6.45, 7) is 0.0520. The van der Waals surface area contributed by atoms with Crippen LogP contribution >= 0.6 is 12.4 Å². The Hall–Kier alpha value is -1.20. The molecule has 6 heteroatoms. The number of hydrogen-bond donors (Lipinski definition) is 2. The predicted octanol–water partition coefficient (Wildman–Crippen LogP) is 1.76. The van der Waals surface area contributed by atoms with Gasteiger partial charge in [-0.25, -0.2) is 8.78 Å². The molecule has 1 aliphatic heterocycles. The maximum atomic E-state index is 12.9. The lowest BCUT2D eigenvalue weighted by Gasteiger charge is -2.11. The average Bonchev–Trinajstić information content (AvgIpc) is 2.71. The van der Waals surface area contributed by atoms with E-state index in [9.17, 15) is 13.6 Å². The Kier molecular flexibility index (Phi) is 5.69. The molecule has 1 aliphatic rings. The maximum absolute atomic E-state index is 12.9. The zero-order valence-electron chi connectivity index (χ0n) is 10.4. The standard InChI is InChI=1S/C13H16F2N2O.ClH/c14-13(15)8-11(17-9-13)12(18)16-7-6-10-4-2-1-3-5-10;/h1-5,11,17H,6-9H2,(H,16,18);1H. The summed E-state index contributed by atoms with van der Waals surface area (Å²) in [5.41, 5.74) is 1.11. The van der Waals surface area contributed by atoms with Crippen molar-refractivity contribution < 1.29 is 13.6 Å². The molecule has 1 amide bonds. The molecular formula is C13H17ClF2N2O. The second-order valence-electron chi connectivity index (χ2n) is 4.52. The smallest absolute Gasteiger partial charge is 0.262 e. The number of carbonyl (C=O) groups is 1. The predicted molar refractivity (Wildman–Crippen MR) is 71.8 cm³/mol. The highest BCUT2D eigenvalue weighted by Gasteiger charge is 2.42. The number of alkyl halides is 2. The summed E-state index contributed by atoms with van der Waals surface area (Å²) in [4.78, 5) is 11.6. The molecule has 0 aliphatic carbocycles. The molecule has 2 N–H and O–H groups in total. The Labute approximate surface area is 117 Å². The topological polar surface area (TPSA) is 41.1 Å². The first-order chi connectivity index (χ1) is 8.57. The molecule has 0 spiro atoms. The Morgan fingerprint density at radius 3 is 2.63 bits per heavy atom. The van der Waals surface area contributed by atoms with Gasteiger partial charge in [0.05, 0.1) is 12.6 Å². The summed E-state index contributed by atoms with van der Waals surface area (Å²) in [5.74, 6) is -3.11. The van der Waals surface area contributed by atoms with Gasteiger partial charge in [-0.3, -0.25) is 10.1 Å². The van der Waals surface area contributed by atoms with Crippen molar-refractivity contribution in [3.05, 3.63) is 35.9 Å². The van der Waals surface area contributed by atoms with Gasteiger partial charge >= 0.3 is 0 Å². The number of halogens is 3. The Balaban J connectivity index is 0.00000180. The van der Waals surface area contributed by atoms with Crippen molar-refractivity contribution in [3.63, 3.8) is 0 Å². The average molecular weight is 291 g/mol. The molecule has 1 heterocycles. The van der Waals surface area contributed by atoms with Gasteiger partial charge in [0, 0.05) is 13.0 Å². The summed E-state index contributed by atoms with van der Waals surface area (Å²) in [7, 11) is 0. The zero-order chi connectivity index (χ0) is 13.0. The normalized spacial score (nSPS) is 20.6. The van der Waals surface area contributed by atoms with Crippen LogP contribution in [-0.2, 0) is 11.2 Å². The number of nitrogens with one attached hydrogen (secondary N) is 2. The maximum Gasteiger partial charge on any atom is 0.262 e. The third kappa shape index (κ3) is 4.76. The number of rotatable bonds is 4. The molecule has 1 atom stereocenters. The number of hydrogen-bond acceptors (Lipinski definition) is 2. The summed E-state index contributed by atoms with van der Waals surface area (Å²) in [6, 6.07) is 8.94. The van der Waals surface area contributed by atoms with Crippen molar-refractivity contribution in [2.45, 2.75) is 24.8 Å². The van der Waals surface area contributed by atoms with Gasteiger partial charge in [-0.15, -0.1) is 12.4 Å². The van der Waals surface area contributed by atoms with Crippen LogP contribution in [0.5, 0.6) is 0 Å². The molecule has 0 aromatic heterocycles. The van der Waals surface area contributed by atoms with Crippen LogP contribution in [-0.4, -0.2) is 31.0 Å². The molecule has 1 unspecified atom stereocenters. The first-order valence-electron chi connectivity index (χ1n) is 6.00. The number of amides is 1. The van der Waals surface area contributed by atoms with E-state index in [-0.39, 0.29) is 18.3 Å². The molecule has 106 valence electrons. The highest BCUT2D eigenvalue weighted by molar-refractivity contribution is 5.85. The van der Waals surface area contributed by atoms with E-state index < -0.39 is 24.9 Å². The molecule has 19 heavy (non-hydrogen) atoms. The molecule has 1 aromatic rings. The van der Waals surface area contributed by atoms with E-state index in [1.807, 2.05) is 30.3 Å². The van der Waals surface area contributed by atoms with Crippen molar-refractivity contribution in [1.29, 1.82) is 0 Å². The largest absolute Gasteiger partial charge is 0.354 e. The van der Waals surface area contributed by atoms with Crippen molar-refractivity contribution in [2.75, 3.05) is 13.1 Å². The number of benzene rings is 1. The third-order valence-corrected chi connectivity index (χ3v) is 2.98. The van der Waals surface area contributed by atoms with Gasteiger partial charge in [-0.1, -0.05) is 30.3 Å². The first-order valence-corrected chi connectivity index (χ1v) is 6.00. The van der Waals surface area contributed by atoms with Gasteiger partial charge in [-0.05, 0) is 12.0 Å². The minimum atomic E-state index is -2.76. The van der Waals surface area contributed by atoms with E-state index in [0.717, 1.165) is 5.56 Å². The van der Waals surface area contributed by atoms with Gasteiger partial charge < -0.3 is 5.32 Å². The highest BCUT2D eigenvalue weighted by atomic mass is 35.5. The molecule has 1 saturated heterocycles. The van der Waals surface area contributed by atoms with Crippen molar-refractivity contribution in [1.82, 2.24) is 10.6 Å². The fourth-order valence-electron chi connectivity index (χ4n) is 2.00. The van der Waals surface area contributed by atoms with Crippen LogP contribution in [0.1, 0.15) is 12.0 Å². The van der Waals surface area contributed by atoms with Crippen molar-refractivity contribution in [2.24, 2.45) is 0 Å². The molecule has 0 radical (unpaired) electrons. The van der Waals surface area contributed by atoms with Gasteiger partial charge in [0.15, 0.2) is 0 Å². The van der Waals surface area contributed by atoms with Gasteiger partial charge in [0.2, 0.25) is 5.91 Å². The quantitative estimate of drug-likeness (QED) is 0.887. The second kappa shape index (κ2) is 6.82. The highest BCUT2D eigenvalue weighted by Crippen LogP contribution is 2.24. The summed E-state index contributed by atoms with van der Waals surface area (Å²) < 4.78 is 25.8.